The molecule has 0 spiro atoms. The maximum atomic E-state index is 12.5. The van der Waals surface area contributed by atoms with Gasteiger partial charge in [-0.3, -0.25) is 4.79 Å². The molecule has 1 heterocycles. The number of carbonyl (C=O) groups excluding carboxylic acids is 1. The van der Waals surface area contributed by atoms with Crippen molar-refractivity contribution >= 4 is 5.91 Å². The zero-order valence-electron chi connectivity index (χ0n) is 13.5. The monoisotopic (exact) mass is 302 g/mol. The lowest BCUT2D eigenvalue weighted by atomic mass is 10.0. The van der Waals surface area contributed by atoms with Crippen LogP contribution in [-0.4, -0.2) is 43.1 Å². The number of morpholine rings is 1. The number of hydrogen-bond acceptors (Lipinski definition) is 3. The van der Waals surface area contributed by atoms with Gasteiger partial charge < -0.3 is 15.0 Å². The first kappa shape index (κ1) is 15.5. The Balaban J connectivity index is 1.60. The lowest BCUT2D eigenvalue weighted by Gasteiger charge is -2.38. The topological polar surface area (TPSA) is 41.6 Å². The summed E-state index contributed by atoms with van der Waals surface area (Å²) in [4.78, 5) is 14.5. The summed E-state index contributed by atoms with van der Waals surface area (Å²) in [5.41, 5.74) is 2.42. The molecule has 3 rings (SSSR count). The van der Waals surface area contributed by atoms with E-state index in [-0.39, 0.29) is 18.1 Å². The number of benzene rings is 1. The van der Waals surface area contributed by atoms with Gasteiger partial charge in [-0.15, -0.1) is 0 Å². The van der Waals surface area contributed by atoms with Crippen LogP contribution in [0.4, 0.5) is 0 Å². The highest BCUT2D eigenvalue weighted by Crippen LogP contribution is 2.28. The average Bonchev–Trinajstić information content (AvgIpc) is 3.32. The summed E-state index contributed by atoms with van der Waals surface area (Å²) in [6.45, 7) is 6.84. The largest absolute Gasteiger partial charge is 0.370 e. The Morgan fingerprint density at radius 3 is 2.86 bits per heavy atom. The molecule has 4 nitrogen and oxygen atoms in total. The minimum atomic E-state index is -0.00946. The van der Waals surface area contributed by atoms with E-state index < -0.39 is 0 Å². The van der Waals surface area contributed by atoms with Crippen LogP contribution in [0.3, 0.4) is 0 Å². The van der Waals surface area contributed by atoms with Gasteiger partial charge in [0.1, 0.15) is 6.10 Å². The summed E-state index contributed by atoms with van der Waals surface area (Å²) in [7, 11) is 0. The number of hydrogen-bond donors (Lipinski definition) is 1. The summed E-state index contributed by atoms with van der Waals surface area (Å²) in [6, 6.07) is 8.42. The molecule has 1 N–H and O–H groups in total. The lowest BCUT2D eigenvalue weighted by molar-refractivity contribution is -0.143. The summed E-state index contributed by atoms with van der Waals surface area (Å²) in [6.07, 6.45) is 2.61. The lowest BCUT2D eigenvalue weighted by Crippen LogP contribution is -2.51. The number of ether oxygens (including phenoxy) is 1. The van der Waals surface area contributed by atoms with Crippen LogP contribution >= 0.6 is 0 Å². The van der Waals surface area contributed by atoms with E-state index in [0.29, 0.717) is 19.7 Å². The van der Waals surface area contributed by atoms with Crippen LogP contribution in [0.25, 0.3) is 0 Å². The van der Waals surface area contributed by atoms with Gasteiger partial charge in [0.25, 0.3) is 0 Å². The van der Waals surface area contributed by atoms with E-state index in [9.17, 15) is 4.79 Å². The van der Waals surface area contributed by atoms with Gasteiger partial charge in [-0.2, -0.15) is 0 Å². The molecular weight excluding hydrogens is 276 g/mol. The maximum Gasteiger partial charge on any atom is 0.236 e. The third-order valence-electron chi connectivity index (χ3n) is 4.70. The number of nitrogens with zero attached hydrogens (tertiary/aromatic N) is 1. The number of carbonyl (C=O) groups is 1. The molecule has 2 unspecified atom stereocenters. The second kappa shape index (κ2) is 6.80. The zero-order chi connectivity index (χ0) is 15.5. The molecule has 2 atom stereocenters. The molecular formula is C18H26N2O2. The van der Waals surface area contributed by atoms with Gasteiger partial charge in [0.05, 0.1) is 25.7 Å². The van der Waals surface area contributed by atoms with E-state index in [1.54, 1.807) is 0 Å². The molecule has 1 aromatic rings. The Morgan fingerprint density at radius 1 is 1.36 bits per heavy atom. The van der Waals surface area contributed by atoms with Crippen molar-refractivity contribution in [2.75, 3.05) is 26.2 Å². The Morgan fingerprint density at radius 2 is 2.14 bits per heavy atom. The van der Waals surface area contributed by atoms with Crippen LogP contribution in [-0.2, 0) is 9.53 Å². The van der Waals surface area contributed by atoms with Crippen LogP contribution in [0, 0.1) is 12.8 Å². The molecule has 0 radical (unpaired) electrons. The predicted octanol–water partition coefficient (Wildman–Crippen LogP) is 2.28. The molecule has 2 fully saturated rings. The number of amides is 1. The Kier molecular flexibility index (Phi) is 4.79. The van der Waals surface area contributed by atoms with Crippen molar-refractivity contribution in [1.82, 2.24) is 10.2 Å². The third kappa shape index (κ3) is 3.68. The molecule has 0 bridgehead atoms. The molecule has 4 heteroatoms. The SMILES string of the molecule is Cc1ccccc1C1CN(C(=O)CNCC2CC2)C(C)CO1. The molecule has 2 aliphatic rings. The zero-order valence-corrected chi connectivity index (χ0v) is 13.5. The first-order valence-corrected chi connectivity index (χ1v) is 8.32. The van der Waals surface area contributed by atoms with Gasteiger partial charge >= 0.3 is 0 Å². The Bertz CT molecular complexity index is 528. The summed E-state index contributed by atoms with van der Waals surface area (Å²) < 4.78 is 5.98. The van der Waals surface area contributed by atoms with Crippen molar-refractivity contribution in [3.8, 4) is 0 Å². The highest BCUT2D eigenvalue weighted by Gasteiger charge is 2.31. The third-order valence-corrected chi connectivity index (χ3v) is 4.70. The van der Waals surface area contributed by atoms with Crippen molar-refractivity contribution < 1.29 is 9.53 Å². The van der Waals surface area contributed by atoms with E-state index in [1.165, 1.54) is 24.0 Å². The highest BCUT2D eigenvalue weighted by molar-refractivity contribution is 5.78. The average molecular weight is 302 g/mol. The van der Waals surface area contributed by atoms with Crippen LogP contribution in [0.2, 0.25) is 0 Å². The molecule has 120 valence electrons. The first-order chi connectivity index (χ1) is 10.6. The fourth-order valence-electron chi connectivity index (χ4n) is 3.05. The van der Waals surface area contributed by atoms with Crippen molar-refractivity contribution in [2.45, 2.75) is 38.8 Å². The van der Waals surface area contributed by atoms with E-state index in [0.717, 1.165) is 12.5 Å². The van der Waals surface area contributed by atoms with Gasteiger partial charge in [-0.05, 0) is 50.3 Å². The van der Waals surface area contributed by atoms with E-state index in [4.69, 9.17) is 4.74 Å². The fraction of sp³-hybridized carbons (Fsp3) is 0.611. The van der Waals surface area contributed by atoms with Crippen LogP contribution in [0.1, 0.15) is 37.0 Å². The van der Waals surface area contributed by atoms with E-state index in [1.807, 2.05) is 17.0 Å². The molecule has 22 heavy (non-hydrogen) atoms. The minimum absolute atomic E-state index is 0.00946. The van der Waals surface area contributed by atoms with Crippen LogP contribution in [0.5, 0.6) is 0 Å². The molecule has 1 saturated carbocycles. The number of rotatable bonds is 5. The normalized spacial score (nSPS) is 25.3. The Hall–Kier alpha value is -1.39. The smallest absolute Gasteiger partial charge is 0.236 e. The van der Waals surface area contributed by atoms with Crippen LogP contribution in [0.15, 0.2) is 24.3 Å². The summed E-state index contributed by atoms with van der Waals surface area (Å²) in [5, 5.41) is 3.30. The summed E-state index contributed by atoms with van der Waals surface area (Å²) in [5.74, 6) is 0.990. The molecule has 0 aromatic heterocycles. The molecule has 1 aliphatic carbocycles. The van der Waals surface area contributed by atoms with Gasteiger partial charge in [-0.1, -0.05) is 24.3 Å². The standard InChI is InChI=1S/C18H26N2O2/c1-13-5-3-4-6-16(13)17-11-20(14(2)12-22-17)18(21)10-19-9-15-7-8-15/h3-6,14-15,17,19H,7-12H2,1-2H3. The predicted molar refractivity (Wildman–Crippen MR) is 86.6 cm³/mol. The van der Waals surface area contributed by atoms with E-state index in [2.05, 4.69) is 31.3 Å². The van der Waals surface area contributed by atoms with Crippen molar-refractivity contribution in [2.24, 2.45) is 5.92 Å². The molecule has 1 aromatic carbocycles. The summed E-state index contributed by atoms with van der Waals surface area (Å²) >= 11 is 0. The minimum Gasteiger partial charge on any atom is -0.370 e. The van der Waals surface area contributed by atoms with Crippen molar-refractivity contribution in [3.63, 3.8) is 0 Å². The quantitative estimate of drug-likeness (QED) is 0.907. The molecule has 1 aliphatic heterocycles. The van der Waals surface area contributed by atoms with Crippen molar-refractivity contribution in [3.05, 3.63) is 35.4 Å². The fourth-order valence-corrected chi connectivity index (χ4v) is 3.05. The van der Waals surface area contributed by atoms with Gasteiger partial charge in [0, 0.05) is 0 Å². The van der Waals surface area contributed by atoms with Crippen LogP contribution < -0.4 is 5.32 Å². The van der Waals surface area contributed by atoms with Crippen molar-refractivity contribution in [1.29, 1.82) is 0 Å². The van der Waals surface area contributed by atoms with E-state index >= 15 is 0 Å². The molecule has 1 amide bonds. The second-order valence-electron chi connectivity index (χ2n) is 6.65. The maximum absolute atomic E-state index is 12.5. The number of nitrogens with one attached hydrogen (secondary N) is 1. The number of aryl methyl sites for hydroxylation is 1. The first-order valence-electron chi connectivity index (χ1n) is 8.32. The Labute approximate surface area is 132 Å². The van der Waals surface area contributed by atoms with Gasteiger partial charge in [0.2, 0.25) is 5.91 Å². The van der Waals surface area contributed by atoms with Gasteiger partial charge in [-0.25, -0.2) is 0 Å². The molecule has 1 saturated heterocycles. The van der Waals surface area contributed by atoms with Gasteiger partial charge in [0.15, 0.2) is 0 Å². The second-order valence-corrected chi connectivity index (χ2v) is 6.65. The highest BCUT2D eigenvalue weighted by atomic mass is 16.5.